The Morgan fingerprint density at radius 2 is 0.840 bits per heavy atom. The molecule has 236 valence electrons. The van der Waals surface area contributed by atoms with Gasteiger partial charge < -0.3 is 9.13 Å². The lowest BCUT2D eigenvalue weighted by molar-refractivity contribution is 0.983. The van der Waals surface area contributed by atoms with Crippen molar-refractivity contribution < 1.29 is 0 Å². The van der Waals surface area contributed by atoms with Gasteiger partial charge in [-0.25, -0.2) is 0 Å². The Balaban J connectivity index is 1.09. The van der Waals surface area contributed by atoms with Crippen LogP contribution in [0.5, 0.6) is 0 Å². The summed E-state index contributed by atoms with van der Waals surface area (Å²) >= 11 is 0. The lowest BCUT2D eigenvalue weighted by atomic mass is 9.97. The lowest BCUT2D eigenvalue weighted by Gasteiger charge is -2.18. The molecule has 1 aliphatic carbocycles. The van der Waals surface area contributed by atoms with Crippen molar-refractivity contribution in [3.05, 3.63) is 188 Å². The molecule has 0 spiro atoms. The van der Waals surface area contributed by atoms with Gasteiger partial charge in [-0.3, -0.25) is 0 Å². The van der Waals surface area contributed by atoms with Gasteiger partial charge in [0.25, 0.3) is 0 Å². The van der Waals surface area contributed by atoms with Crippen LogP contribution >= 0.6 is 0 Å². The number of rotatable bonds is 5. The second-order valence-corrected chi connectivity index (χ2v) is 13.3. The first kappa shape index (κ1) is 28.6. The quantitative estimate of drug-likeness (QED) is 0.178. The Morgan fingerprint density at radius 1 is 0.360 bits per heavy atom. The van der Waals surface area contributed by atoms with Gasteiger partial charge in [0, 0.05) is 32.9 Å². The van der Waals surface area contributed by atoms with Crippen LogP contribution in [0.15, 0.2) is 182 Å². The molecule has 0 saturated carbocycles. The molecule has 0 radical (unpaired) electrons. The number of fused-ring (bicyclic) bond motifs is 6. The third kappa shape index (κ3) is 4.64. The highest BCUT2D eigenvalue weighted by molar-refractivity contribution is 6.13. The summed E-state index contributed by atoms with van der Waals surface area (Å²) in [5, 5.41) is 5.11. The second-order valence-electron chi connectivity index (χ2n) is 13.3. The molecule has 0 fully saturated rings. The van der Waals surface area contributed by atoms with Gasteiger partial charge in [0.15, 0.2) is 0 Å². The van der Waals surface area contributed by atoms with Crippen LogP contribution in [-0.2, 0) is 0 Å². The molecule has 0 bridgehead atoms. The van der Waals surface area contributed by atoms with E-state index < -0.39 is 0 Å². The van der Waals surface area contributed by atoms with Gasteiger partial charge in [-0.15, -0.1) is 0 Å². The van der Waals surface area contributed by atoms with E-state index in [0.29, 0.717) is 0 Å². The van der Waals surface area contributed by atoms with E-state index in [9.17, 15) is 0 Å². The molecule has 0 N–H and O–H groups in total. The van der Waals surface area contributed by atoms with Crippen LogP contribution in [0.2, 0.25) is 0 Å². The van der Waals surface area contributed by atoms with Crippen LogP contribution in [0.25, 0.3) is 82.8 Å². The standard InChI is InChI=1S/C48H34N2/c1-3-12-33(13-4-1)35-22-26-39(27-23-35)49-45-20-9-7-18-41(45)43-31-37(24-28-47(43)49)38-25-29-48-44(32-38)42-19-8-10-21-46(42)50(48)40-17-11-16-36(30-40)34-14-5-2-6-15-34/h1-10,12-16,18-32H,11,17H2. The third-order valence-corrected chi connectivity index (χ3v) is 10.4. The van der Waals surface area contributed by atoms with Crippen LogP contribution in [0.3, 0.4) is 0 Å². The maximum absolute atomic E-state index is 2.49. The largest absolute Gasteiger partial charge is 0.313 e. The second kappa shape index (κ2) is 11.6. The van der Waals surface area contributed by atoms with Crippen molar-refractivity contribution in [3.63, 3.8) is 0 Å². The summed E-state index contributed by atoms with van der Waals surface area (Å²) in [5.41, 5.74) is 14.9. The number of nitrogens with zero attached hydrogens (tertiary/aromatic N) is 2. The Bertz CT molecular complexity index is 2770. The highest BCUT2D eigenvalue weighted by Gasteiger charge is 2.18. The first-order valence-corrected chi connectivity index (χ1v) is 17.5. The van der Waals surface area contributed by atoms with Gasteiger partial charge in [-0.1, -0.05) is 127 Å². The van der Waals surface area contributed by atoms with E-state index in [0.717, 1.165) is 12.8 Å². The summed E-state index contributed by atoms with van der Waals surface area (Å²) in [5.74, 6) is 0. The molecule has 0 unspecified atom stereocenters. The Hall–Kier alpha value is -6.38. The minimum atomic E-state index is 1.02. The minimum Gasteiger partial charge on any atom is -0.313 e. The van der Waals surface area contributed by atoms with Crippen LogP contribution in [-0.4, -0.2) is 9.13 Å². The monoisotopic (exact) mass is 638 g/mol. The molecule has 50 heavy (non-hydrogen) atoms. The third-order valence-electron chi connectivity index (χ3n) is 10.4. The summed E-state index contributed by atoms with van der Waals surface area (Å²) in [4.78, 5) is 0. The average molecular weight is 639 g/mol. The summed E-state index contributed by atoms with van der Waals surface area (Å²) in [6.45, 7) is 0. The topological polar surface area (TPSA) is 9.86 Å². The minimum absolute atomic E-state index is 1.02. The van der Waals surface area contributed by atoms with Gasteiger partial charge in [-0.2, -0.15) is 0 Å². The zero-order valence-electron chi connectivity index (χ0n) is 27.6. The normalized spacial score (nSPS) is 13.3. The molecule has 10 rings (SSSR count). The molecular formula is C48H34N2. The number of allylic oxidation sites excluding steroid dienone is 4. The summed E-state index contributed by atoms with van der Waals surface area (Å²) in [7, 11) is 0. The van der Waals surface area contributed by atoms with Gasteiger partial charge in [0.2, 0.25) is 0 Å². The Morgan fingerprint density at radius 3 is 1.48 bits per heavy atom. The zero-order valence-corrected chi connectivity index (χ0v) is 27.6. The maximum Gasteiger partial charge on any atom is 0.0541 e. The fourth-order valence-corrected chi connectivity index (χ4v) is 8.02. The fraction of sp³-hybridized carbons (Fsp3) is 0.0417. The zero-order chi connectivity index (χ0) is 33.0. The van der Waals surface area contributed by atoms with Gasteiger partial charge >= 0.3 is 0 Å². The maximum atomic E-state index is 2.49. The van der Waals surface area contributed by atoms with E-state index in [1.165, 1.54) is 88.4 Å². The van der Waals surface area contributed by atoms with E-state index in [1.54, 1.807) is 0 Å². The number of hydrogen-bond acceptors (Lipinski definition) is 0. The first-order valence-electron chi connectivity index (χ1n) is 17.5. The highest BCUT2D eigenvalue weighted by atomic mass is 15.0. The fourth-order valence-electron chi connectivity index (χ4n) is 8.02. The Labute approximate surface area is 291 Å². The van der Waals surface area contributed by atoms with Gasteiger partial charge in [0.05, 0.1) is 22.1 Å². The van der Waals surface area contributed by atoms with Crippen molar-refractivity contribution in [1.82, 2.24) is 9.13 Å². The lowest BCUT2D eigenvalue weighted by Crippen LogP contribution is -2.01. The van der Waals surface area contributed by atoms with Gasteiger partial charge in [0.1, 0.15) is 0 Å². The van der Waals surface area contributed by atoms with Crippen LogP contribution < -0.4 is 0 Å². The Kier molecular flexibility index (Phi) is 6.67. The molecule has 0 amide bonds. The summed E-state index contributed by atoms with van der Waals surface area (Å²) < 4.78 is 4.89. The van der Waals surface area contributed by atoms with Crippen molar-refractivity contribution in [1.29, 1.82) is 0 Å². The predicted molar refractivity (Wildman–Crippen MR) is 213 cm³/mol. The van der Waals surface area contributed by atoms with Crippen LogP contribution in [0.1, 0.15) is 18.4 Å². The van der Waals surface area contributed by atoms with E-state index in [2.05, 4.69) is 191 Å². The predicted octanol–water partition coefficient (Wildman–Crippen LogP) is 12.9. The molecular weight excluding hydrogens is 605 g/mol. The SMILES string of the molecule is C1=C(c2ccccc2)C=C(n2c3ccccc3c3cc(-c4ccc5c(c4)c4ccccc4n5-c4ccc(-c5ccccc5)cc4)ccc32)CC1. The van der Waals surface area contributed by atoms with Crippen molar-refractivity contribution >= 4 is 54.9 Å². The van der Waals surface area contributed by atoms with E-state index in [1.807, 2.05) is 0 Å². The smallest absolute Gasteiger partial charge is 0.0541 e. The van der Waals surface area contributed by atoms with Crippen molar-refractivity contribution in [2.75, 3.05) is 0 Å². The molecule has 0 atom stereocenters. The molecule has 1 aliphatic rings. The molecule has 0 aliphatic heterocycles. The van der Waals surface area contributed by atoms with Crippen LogP contribution in [0.4, 0.5) is 0 Å². The molecule has 2 heteroatoms. The molecule has 2 nitrogen and oxygen atoms in total. The summed E-state index contributed by atoms with van der Waals surface area (Å²) in [6.07, 6.45) is 6.81. The van der Waals surface area contributed by atoms with Gasteiger partial charge in [-0.05, 0) is 101 Å². The number of benzene rings is 7. The number of hydrogen-bond donors (Lipinski definition) is 0. The average Bonchev–Trinajstić information content (AvgIpc) is 3.71. The van der Waals surface area contributed by atoms with Crippen molar-refractivity contribution in [3.8, 4) is 27.9 Å². The summed E-state index contributed by atoms with van der Waals surface area (Å²) in [6, 6.07) is 61.9. The first-order chi connectivity index (χ1) is 24.8. The molecule has 2 aromatic heterocycles. The molecule has 9 aromatic rings. The van der Waals surface area contributed by atoms with E-state index >= 15 is 0 Å². The molecule has 2 heterocycles. The van der Waals surface area contributed by atoms with Crippen LogP contribution in [0, 0.1) is 0 Å². The van der Waals surface area contributed by atoms with Crippen molar-refractivity contribution in [2.45, 2.75) is 12.8 Å². The van der Waals surface area contributed by atoms with E-state index in [-0.39, 0.29) is 0 Å². The van der Waals surface area contributed by atoms with E-state index in [4.69, 9.17) is 0 Å². The molecule has 0 saturated heterocycles. The number of para-hydroxylation sites is 2. The van der Waals surface area contributed by atoms with Crippen molar-refractivity contribution in [2.24, 2.45) is 0 Å². The number of aromatic nitrogens is 2. The molecule has 7 aromatic carbocycles. The highest BCUT2D eigenvalue weighted by Crippen LogP contribution is 2.40.